The van der Waals surface area contributed by atoms with E-state index in [1.165, 1.54) is 5.56 Å². The average molecular weight is 270 g/mol. The van der Waals surface area contributed by atoms with Gasteiger partial charge in [-0.1, -0.05) is 18.2 Å². The molecule has 2 aromatic rings. The molecule has 1 aromatic heterocycles. The number of benzene rings is 1. The summed E-state index contributed by atoms with van der Waals surface area (Å²) in [5, 5.41) is 0. The summed E-state index contributed by atoms with van der Waals surface area (Å²) in [5.74, 6) is 0. The molecule has 106 valence electrons. The van der Waals surface area contributed by atoms with Gasteiger partial charge < -0.3 is 9.88 Å². The Morgan fingerprint density at radius 2 is 1.85 bits per heavy atom. The van der Waals surface area contributed by atoms with Crippen LogP contribution < -0.4 is 5.56 Å². The van der Waals surface area contributed by atoms with Crippen LogP contribution in [0.3, 0.4) is 0 Å². The highest BCUT2D eigenvalue weighted by Crippen LogP contribution is 2.23. The second-order valence-corrected chi connectivity index (χ2v) is 5.59. The van der Waals surface area contributed by atoms with Crippen molar-refractivity contribution in [2.24, 2.45) is 0 Å². The van der Waals surface area contributed by atoms with E-state index in [0.29, 0.717) is 6.04 Å². The third-order valence-corrected chi connectivity index (χ3v) is 3.95. The van der Waals surface area contributed by atoms with Crippen LogP contribution in [-0.4, -0.2) is 24.0 Å². The van der Waals surface area contributed by atoms with Gasteiger partial charge in [-0.25, -0.2) is 0 Å². The molecule has 0 radical (unpaired) electrons. The summed E-state index contributed by atoms with van der Waals surface area (Å²) in [6.07, 6.45) is 0. The van der Waals surface area contributed by atoms with Crippen LogP contribution in [0.4, 0.5) is 0 Å². The number of hydrogen-bond acceptors (Lipinski definition) is 2. The lowest BCUT2D eigenvalue weighted by molar-refractivity contribution is 0.321. The Morgan fingerprint density at radius 3 is 2.50 bits per heavy atom. The molecule has 0 fully saturated rings. The van der Waals surface area contributed by atoms with Crippen LogP contribution in [0.2, 0.25) is 0 Å². The van der Waals surface area contributed by atoms with Crippen LogP contribution in [-0.2, 0) is 0 Å². The second kappa shape index (κ2) is 5.63. The van der Waals surface area contributed by atoms with Crippen molar-refractivity contribution in [3.05, 3.63) is 57.5 Å². The van der Waals surface area contributed by atoms with Crippen molar-refractivity contribution in [2.75, 3.05) is 14.1 Å². The number of H-pyrrole nitrogens is 1. The second-order valence-electron chi connectivity index (χ2n) is 5.59. The smallest absolute Gasteiger partial charge is 0.256 e. The van der Waals surface area contributed by atoms with Crippen molar-refractivity contribution >= 4 is 0 Å². The number of aromatic amines is 1. The first kappa shape index (κ1) is 14.5. The lowest BCUT2D eigenvalue weighted by Crippen LogP contribution is -2.17. The average Bonchev–Trinajstić information content (AvgIpc) is 2.42. The van der Waals surface area contributed by atoms with Crippen LogP contribution in [0.5, 0.6) is 0 Å². The molecule has 0 aliphatic rings. The molecular weight excluding hydrogens is 248 g/mol. The minimum absolute atomic E-state index is 0.0252. The molecule has 2 rings (SSSR count). The zero-order valence-electron chi connectivity index (χ0n) is 12.8. The maximum Gasteiger partial charge on any atom is 0.256 e. The largest absolute Gasteiger partial charge is 0.326 e. The van der Waals surface area contributed by atoms with Crippen LogP contribution in [0.1, 0.15) is 29.8 Å². The fourth-order valence-corrected chi connectivity index (χ4v) is 2.21. The molecule has 0 amide bonds. The number of hydrogen-bond donors (Lipinski definition) is 1. The van der Waals surface area contributed by atoms with Gasteiger partial charge in [0.15, 0.2) is 0 Å². The van der Waals surface area contributed by atoms with Crippen LogP contribution in [0.15, 0.2) is 35.1 Å². The van der Waals surface area contributed by atoms with E-state index in [1.807, 2.05) is 32.0 Å². The first-order valence-corrected chi connectivity index (χ1v) is 6.87. The van der Waals surface area contributed by atoms with E-state index in [4.69, 9.17) is 0 Å². The molecule has 3 heteroatoms. The molecule has 0 spiro atoms. The molecule has 0 saturated carbocycles. The van der Waals surface area contributed by atoms with Gasteiger partial charge in [-0.15, -0.1) is 0 Å². The topological polar surface area (TPSA) is 36.1 Å². The van der Waals surface area contributed by atoms with E-state index in [-0.39, 0.29) is 5.56 Å². The number of nitrogens with zero attached hydrogens (tertiary/aromatic N) is 1. The van der Waals surface area contributed by atoms with Crippen LogP contribution >= 0.6 is 0 Å². The highest BCUT2D eigenvalue weighted by atomic mass is 16.1. The first-order chi connectivity index (χ1) is 9.40. The summed E-state index contributed by atoms with van der Waals surface area (Å²) in [5.41, 5.74) is 4.93. The molecule has 0 aliphatic heterocycles. The van der Waals surface area contributed by atoms with E-state index >= 15 is 0 Å². The molecule has 20 heavy (non-hydrogen) atoms. The van der Waals surface area contributed by atoms with E-state index in [0.717, 1.165) is 22.4 Å². The molecule has 3 nitrogen and oxygen atoms in total. The number of rotatable bonds is 3. The molecule has 1 aromatic carbocycles. The number of pyridine rings is 1. The zero-order chi connectivity index (χ0) is 14.9. The van der Waals surface area contributed by atoms with Gasteiger partial charge in [0.2, 0.25) is 0 Å². The number of aromatic nitrogens is 1. The summed E-state index contributed by atoms with van der Waals surface area (Å²) in [7, 11) is 4.11. The van der Waals surface area contributed by atoms with Crippen molar-refractivity contribution in [2.45, 2.75) is 26.8 Å². The van der Waals surface area contributed by atoms with Gasteiger partial charge in [-0.05, 0) is 63.7 Å². The summed E-state index contributed by atoms with van der Waals surface area (Å²) >= 11 is 0. The van der Waals surface area contributed by atoms with Gasteiger partial charge in [0.1, 0.15) is 0 Å². The van der Waals surface area contributed by atoms with Crippen LogP contribution in [0, 0.1) is 13.8 Å². The van der Waals surface area contributed by atoms with Gasteiger partial charge in [0, 0.05) is 17.3 Å². The van der Waals surface area contributed by atoms with E-state index in [9.17, 15) is 4.79 Å². The zero-order valence-corrected chi connectivity index (χ0v) is 12.8. The third kappa shape index (κ3) is 2.83. The summed E-state index contributed by atoms with van der Waals surface area (Å²) in [6, 6.07) is 10.5. The molecule has 0 bridgehead atoms. The van der Waals surface area contributed by atoms with Gasteiger partial charge in [-0.3, -0.25) is 4.79 Å². The van der Waals surface area contributed by atoms with Gasteiger partial charge in [-0.2, -0.15) is 0 Å². The van der Waals surface area contributed by atoms with Crippen molar-refractivity contribution in [1.29, 1.82) is 0 Å². The molecule has 0 saturated heterocycles. The third-order valence-electron chi connectivity index (χ3n) is 3.95. The molecular formula is C17H22N2O. The maximum absolute atomic E-state index is 12.1. The summed E-state index contributed by atoms with van der Waals surface area (Å²) < 4.78 is 0. The number of aryl methyl sites for hydroxylation is 2. The fourth-order valence-electron chi connectivity index (χ4n) is 2.21. The Morgan fingerprint density at radius 1 is 1.15 bits per heavy atom. The Balaban J connectivity index is 2.52. The Hall–Kier alpha value is -1.87. The summed E-state index contributed by atoms with van der Waals surface area (Å²) in [6.45, 7) is 6.09. The van der Waals surface area contributed by atoms with Gasteiger partial charge in [0.25, 0.3) is 5.56 Å². The quantitative estimate of drug-likeness (QED) is 0.929. The van der Waals surface area contributed by atoms with Crippen molar-refractivity contribution < 1.29 is 0 Å². The molecule has 0 aliphatic carbocycles. The lowest BCUT2D eigenvalue weighted by atomic mass is 9.99. The highest BCUT2D eigenvalue weighted by Gasteiger charge is 2.11. The predicted octanol–water partition coefficient (Wildman–Crippen LogP) is 3.28. The maximum atomic E-state index is 12.1. The standard InChI is InChI=1S/C17H22N2O/c1-11-9-16(17(20)18-12(11)2)15-8-6-7-14(10-15)13(3)19(4)5/h6-10,13H,1-5H3,(H,18,20)/t13-/m1/s1. The first-order valence-electron chi connectivity index (χ1n) is 6.87. The summed E-state index contributed by atoms with van der Waals surface area (Å²) in [4.78, 5) is 17.2. The lowest BCUT2D eigenvalue weighted by Gasteiger charge is -2.20. The minimum atomic E-state index is -0.0252. The van der Waals surface area contributed by atoms with Gasteiger partial charge >= 0.3 is 0 Å². The van der Waals surface area contributed by atoms with Gasteiger partial charge in [0.05, 0.1) is 0 Å². The minimum Gasteiger partial charge on any atom is -0.326 e. The number of nitrogens with one attached hydrogen (secondary N) is 1. The molecule has 1 heterocycles. The van der Waals surface area contributed by atoms with E-state index in [2.05, 4.69) is 43.0 Å². The SMILES string of the molecule is Cc1cc(-c2cccc([C@@H](C)N(C)C)c2)c(=O)[nH]c1C. The Bertz CT molecular complexity index is 671. The highest BCUT2D eigenvalue weighted by molar-refractivity contribution is 5.64. The molecule has 1 N–H and O–H groups in total. The van der Waals surface area contributed by atoms with Crippen molar-refractivity contribution in [3.8, 4) is 11.1 Å². The molecule has 1 atom stereocenters. The van der Waals surface area contributed by atoms with E-state index < -0.39 is 0 Å². The van der Waals surface area contributed by atoms with E-state index in [1.54, 1.807) is 0 Å². The van der Waals surface area contributed by atoms with Crippen LogP contribution in [0.25, 0.3) is 11.1 Å². The van der Waals surface area contributed by atoms with Crippen molar-refractivity contribution in [3.63, 3.8) is 0 Å². The Kier molecular flexibility index (Phi) is 4.09. The monoisotopic (exact) mass is 270 g/mol. The van der Waals surface area contributed by atoms with Crippen molar-refractivity contribution in [1.82, 2.24) is 9.88 Å². The fraction of sp³-hybridized carbons (Fsp3) is 0.353. The Labute approximate surface area is 120 Å². The molecule has 0 unspecified atom stereocenters. The predicted molar refractivity (Wildman–Crippen MR) is 84.1 cm³/mol. The normalized spacial score (nSPS) is 12.7.